The first-order valence-electron chi connectivity index (χ1n) is 4.74. The fourth-order valence-corrected chi connectivity index (χ4v) is 3.21. The zero-order valence-electron chi connectivity index (χ0n) is 7.84. The van der Waals surface area contributed by atoms with Crippen molar-refractivity contribution in [2.45, 2.75) is 25.4 Å². The van der Waals surface area contributed by atoms with Crippen LogP contribution in [0.1, 0.15) is 19.3 Å². The molecule has 0 saturated carbocycles. The van der Waals surface area contributed by atoms with E-state index < -0.39 is 12.8 Å². The maximum absolute atomic E-state index is 12.2. The lowest BCUT2D eigenvalue weighted by Crippen LogP contribution is -2.38. The van der Waals surface area contributed by atoms with Crippen LogP contribution in [0.4, 0.5) is 4.39 Å². The van der Waals surface area contributed by atoms with E-state index in [1.54, 1.807) is 0 Å². The summed E-state index contributed by atoms with van der Waals surface area (Å²) in [6, 6.07) is 0. The minimum absolute atomic E-state index is 0.0107. The van der Waals surface area contributed by atoms with Gasteiger partial charge < -0.3 is 10.8 Å². The fraction of sp³-hybridized carbons (Fsp3) is 1.00. The molecular weight excluding hydrogens is 189 g/mol. The van der Waals surface area contributed by atoms with Crippen LogP contribution in [0, 0.1) is 5.41 Å². The lowest BCUT2D eigenvalue weighted by molar-refractivity contribution is 0.0734. The van der Waals surface area contributed by atoms with Crippen molar-refractivity contribution in [3.05, 3.63) is 0 Å². The van der Waals surface area contributed by atoms with Crippen molar-refractivity contribution in [1.82, 2.24) is 0 Å². The predicted octanol–water partition coefficient (Wildman–Crippen LogP) is 1.18. The van der Waals surface area contributed by atoms with Crippen LogP contribution < -0.4 is 5.73 Å². The van der Waals surface area contributed by atoms with Gasteiger partial charge in [-0.05, 0) is 42.7 Å². The van der Waals surface area contributed by atoms with Crippen LogP contribution in [-0.4, -0.2) is 35.9 Å². The SMILES string of the molecule is NCC1(CC(O)CF)CCSCC1. The molecule has 1 fully saturated rings. The lowest BCUT2D eigenvalue weighted by Gasteiger charge is -2.37. The quantitative estimate of drug-likeness (QED) is 0.727. The van der Waals surface area contributed by atoms with Gasteiger partial charge in [0, 0.05) is 0 Å². The van der Waals surface area contributed by atoms with Gasteiger partial charge >= 0.3 is 0 Å². The fourth-order valence-electron chi connectivity index (χ4n) is 1.85. The molecule has 1 atom stereocenters. The Balaban J connectivity index is 2.47. The topological polar surface area (TPSA) is 46.2 Å². The van der Waals surface area contributed by atoms with E-state index in [2.05, 4.69) is 0 Å². The molecule has 1 unspecified atom stereocenters. The molecule has 13 heavy (non-hydrogen) atoms. The Morgan fingerprint density at radius 3 is 2.54 bits per heavy atom. The van der Waals surface area contributed by atoms with Crippen molar-refractivity contribution in [1.29, 1.82) is 0 Å². The van der Waals surface area contributed by atoms with Crippen molar-refractivity contribution in [2.24, 2.45) is 11.1 Å². The van der Waals surface area contributed by atoms with Crippen LogP contribution in [0.2, 0.25) is 0 Å². The van der Waals surface area contributed by atoms with E-state index in [0.29, 0.717) is 13.0 Å². The highest BCUT2D eigenvalue weighted by atomic mass is 32.2. The Hall–Kier alpha value is 0.200. The lowest BCUT2D eigenvalue weighted by atomic mass is 9.77. The Morgan fingerprint density at radius 2 is 2.08 bits per heavy atom. The highest BCUT2D eigenvalue weighted by molar-refractivity contribution is 7.99. The number of halogens is 1. The molecular formula is C9H18FNOS. The molecule has 4 heteroatoms. The predicted molar refractivity (Wildman–Crippen MR) is 54.6 cm³/mol. The van der Waals surface area contributed by atoms with E-state index >= 15 is 0 Å². The third-order valence-electron chi connectivity index (χ3n) is 2.83. The Bertz CT molecular complexity index is 151. The number of hydrogen-bond donors (Lipinski definition) is 2. The van der Waals surface area contributed by atoms with Gasteiger partial charge in [-0.3, -0.25) is 0 Å². The van der Waals surface area contributed by atoms with Gasteiger partial charge in [0.2, 0.25) is 0 Å². The van der Waals surface area contributed by atoms with Crippen LogP contribution in [0.15, 0.2) is 0 Å². The number of rotatable bonds is 4. The Morgan fingerprint density at radius 1 is 1.46 bits per heavy atom. The molecule has 1 aliphatic heterocycles. The zero-order valence-corrected chi connectivity index (χ0v) is 8.65. The van der Waals surface area contributed by atoms with E-state index in [4.69, 9.17) is 5.73 Å². The molecule has 1 rings (SSSR count). The summed E-state index contributed by atoms with van der Waals surface area (Å²) in [5.41, 5.74) is 5.71. The van der Waals surface area contributed by atoms with Gasteiger partial charge in [0.15, 0.2) is 0 Å². The first-order valence-corrected chi connectivity index (χ1v) is 5.90. The highest BCUT2D eigenvalue weighted by Gasteiger charge is 2.32. The average molecular weight is 207 g/mol. The molecule has 0 radical (unpaired) electrons. The molecule has 0 aliphatic carbocycles. The second-order valence-electron chi connectivity index (χ2n) is 3.83. The molecule has 1 aliphatic rings. The molecule has 0 amide bonds. The monoisotopic (exact) mass is 207 g/mol. The minimum Gasteiger partial charge on any atom is -0.390 e. The summed E-state index contributed by atoms with van der Waals surface area (Å²) in [6.45, 7) is -0.0699. The van der Waals surface area contributed by atoms with Crippen molar-refractivity contribution < 1.29 is 9.50 Å². The number of hydrogen-bond acceptors (Lipinski definition) is 3. The van der Waals surface area contributed by atoms with Crippen molar-refractivity contribution in [3.63, 3.8) is 0 Å². The zero-order chi connectivity index (χ0) is 9.73. The summed E-state index contributed by atoms with van der Waals surface area (Å²) in [6.07, 6.45) is 1.75. The van der Waals surface area contributed by atoms with Crippen LogP contribution in [-0.2, 0) is 0 Å². The molecule has 78 valence electrons. The van der Waals surface area contributed by atoms with Gasteiger partial charge in [0.05, 0.1) is 6.10 Å². The summed E-state index contributed by atoms with van der Waals surface area (Å²) >= 11 is 1.92. The summed E-state index contributed by atoms with van der Waals surface area (Å²) in [4.78, 5) is 0. The molecule has 1 heterocycles. The van der Waals surface area contributed by atoms with Gasteiger partial charge in [-0.15, -0.1) is 0 Å². The molecule has 3 N–H and O–H groups in total. The van der Waals surface area contributed by atoms with Gasteiger partial charge in [-0.1, -0.05) is 0 Å². The smallest absolute Gasteiger partial charge is 0.115 e. The van der Waals surface area contributed by atoms with Crippen molar-refractivity contribution >= 4 is 11.8 Å². The van der Waals surface area contributed by atoms with Crippen molar-refractivity contribution in [2.75, 3.05) is 24.7 Å². The summed E-state index contributed by atoms with van der Waals surface area (Å²) in [5.74, 6) is 2.19. The van der Waals surface area contributed by atoms with Crippen molar-refractivity contribution in [3.8, 4) is 0 Å². The average Bonchev–Trinajstić information content (AvgIpc) is 2.19. The van der Waals surface area contributed by atoms with Gasteiger partial charge in [0.25, 0.3) is 0 Å². The number of aliphatic hydroxyl groups excluding tert-OH is 1. The molecule has 2 nitrogen and oxygen atoms in total. The van der Waals surface area contributed by atoms with Gasteiger partial charge in [-0.25, -0.2) is 4.39 Å². The summed E-state index contributed by atoms with van der Waals surface area (Å²) in [5, 5.41) is 9.27. The first kappa shape index (κ1) is 11.3. The molecule has 0 aromatic carbocycles. The Kier molecular flexibility index (Phi) is 4.49. The molecule has 1 saturated heterocycles. The van der Waals surface area contributed by atoms with E-state index in [0.717, 1.165) is 24.3 Å². The molecule has 0 aromatic heterocycles. The summed E-state index contributed by atoms with van der Waals surface area (Å²) in [7, 11) is 0. The third kappa shape index (κ3) is 3.11. The number of aliphatic hydroxyl groups is 1. The van der Waals surface area contributed by atoms with E-state index in [-0.39, 0.29) is 5.41 Å². The molecule has 0 spiro atoms. The van der Waals surface area contributed by atoms with Crippen LogP contribution in [0.25, 0.3) is 0 Å². The number of alkyl halides is 1. The van der Waals surface area contributed by atoms with Crippen LogP contribution in [0.3, 0.4) is 0 Å². The summed E-state index contributed by atoms with van der Waals surface area (Å²) < 4.78 is 12.2. The third-order valence-corrected chi connectivity index (χ3v) is 3.82. The first-order chi connectivity index (χ1) is 6.22. The van der Waals surface area contributed by atoms with Crippen LogP contribution in [0.5, 0.6) is 0 Å². The van der Waals surface area contributed by atoms with E-state index in [1.807, 2.05) is 11.8 Å². The Labute approximate surface area is 83.1 Å². The van der Waals surface area contributed by atoms with Gasteiger partial charge in [-0.2, -0.15) is 11.8 Å². The number of thioether (sulfide) groups is 1. The maximum atomic E-state index is 12.2. The second-order valence-corrected chi connectivity index (χ2v) is 5.05. The number of nitrogens with two attached hydrogens (primary N) is 1. The standard InChI is InChI=1S/C9H18FNOS/c10-6-8(12)5-9(7-11)1-3-13-4-2-9/h8,12H,1-7,11H2. The molecule has 0 bridgehead atoms. The van der Waals surface area contributed by atoms with Crippen LogP contribution >= 0.6 is 11.8 Å². The maximum Gasteiger partial charge on any atom is 0.115 e. The molecule has 0 aromatic rings. The largest absolute Gasteiger partial charge is 0.390 e. The normalized spacial score (nSPS) is 24.2. The highest BCUT2D eigenvalue weighted by Crippen LogP contribution is 2.38. The second kappa shape index (κ2) is 5.17. The van der Waals surface area contributed by atoms with E-state index in [9.17, 15) is 9.50 Å². The van der Waals surface area contributed by atoms with E-state index in [1.165, 1.54) is 0 Å². The minimum atomic E-state index is -0.813. The van der Waals surface area contributed by atoms with Gasteiger partial charge in [0.1, 0.15) is 6.67 Å².